The van der Waals surface area contributed by atoms with Crippen LogP contribution in [0.3, 0.4) is 0 Å². The molecule has 1 aromatic heterocycles. The SMILES string of the molecule is C[C@@H](N)[C@@H]1CCCN(C(=O)Cc2ccn(-c3ccc(F)cc3)n2)C1. The number of benzene rings is 1. The summed E-state index contributed by atoms with van der Waals surface area (Å²) in [5, 5.41) is 4.42. The van der Waals surface area contributed by atoms with Gasteiger partial charge in [-0.25, -0.2) is 9.07 Å². The van der Waals surface area contributed by atoms with Crippen molar-refractivity contribution in [3.63, 3.8) is 0 Å². The zero-order valence-electron chi connectivity index (χ0n) is 13.9. The molecule has 3 rings (SSSR count). The van der Waals surface area contributed by atoms with Crippen molar-refractivity contribution in [2.45, 2.75) is 32.2 Å². The molecule has 0 aliphatic carbocycles. The number of halogens is 1. The number of piperidine rings is 1. The third-order valence-electron chi connectivity index (χ3n) is 4.62. The molecular formula is C18H23FN4O. The standard InChI is InChI=1S/C18H23FN4O/c1-13(20)14-3-2-9-22(12-14)18(24)11-16-8-10-23(21-16)17-6-4-15(19)5-7-17/h4-8,10,13-14H,2-3,9,11-12,20H2,1H3/t13-,14-/m1/s1. The Morgan fingerprint density at radius 1 is 1.38 bits per heavy atom. The topological polar surface area (TPSA) is 64.2 Å². The van der Waals surface area contributed by atoms with Gasteiger partial charge in [-0.1, -0.05) is 0 Å². The second-order valence-electron chi connectivity index (χ2n) is 6.51. The van der Waals surface area contributed by atoms with E-state index in [4.69, 9.17) is 5.73 Å². The number of rotatable bonds is 4. The molecule has 128 valence electrons. The highest BCUT2D eigenvalue weighted by molar-refractivity contribution is 5.78. The lowest BCUT2D eigenvalue weighted by Gasteiger charge is -2.34. The maximum Gasteiger partial charge on any atom is 0.228 e. The van der Waals surface area contributed by atoms with Gasteiger partial charge in [0.25, 0.3) is 0 Å². The van der Waals surface area contributed by atoms with Crippen molar-refractivity contribution in [3.05, 3.63) is 48.0 Å². The number of hydrogen-bond donors (Lipinski definition) is 1. The van der Waals surface area contributed by atoms with Gasteiger partial charge in [-0.05, 0) is 56.0 Å². The number of carbonyl (C=O) groups excluding carboxylic acids is 1. The van der Waals surface area contributed by atoms with Crippen molar-refractivity contribution in [2.75, 3.05) is 13.1 Å². The first-order valence-electron chi connectivity index (χ1n) is 8.37. The van der Waals surface area contributed by atoms with Crippen LogP contribution in [0.1, 0.15) is 25.5 Å². The van der Waals surface area contributed by atoms with Crippen LogP contribution in [-0.4, -0.2) is 39.7 Å². The van der Waals surface area contributed by atoms with E-state index in [9.17, 15) is 9.18 Å². The summed E-state index contributed by atoms with van der Waals surface area (Å²) < 4.78 is 14.6. The van der Waals surface area contributed by atoms with Gasteiger partial charge in [-0.15, -0.1) is 0 Å². The van der Waals surface area contributed by atoms with Crippen LogP contribution in [0.2, 0.25) is 0 Å². The van der Waals surface area contributed by atoms with Crippen molar-refractivity contribution < 1.29 is 9.18 Å². The Labute approximate surface area is 141 Å². The van der Waals surface area contributed by atoms with E-state index in [0.717, 1.165) is 31.6 Å². The van der Waals surface area contributed by atoms with E-state index in [-0.39, 0.29) is 24.2 Å². The van der Waals surface area contributed by atoms with E-state index in [1.165, 1.54) is 12.1 Å². The number of likely N-dealkylation sites (tertiary alicyclic amines) is 1. The first kappa shape index (κ1) is 16.6. The summed E-state index contributed by atoms with van der Waals surface area (Å²) in [5.74, 6) is 0.180. The maximum absolute atomic E-state index is 13.0. The Morgan fingerprint density at radius 2 is 2.12 bits per heavy atom. The van der Waals surface area contributed by atoms with E-state index >= 15 is 0 Å². The van der Waals surface area contributed by atoms with Gasteiger partial charge in [0.1, 0.15) is 5.82 Å². The van der Waals surface area contributed by atoms with Crippen LogP contribution in [-0.2, 0) is 11.2 Å². The van der Waals surface area contributed by atoms with Gasteiger partial charge >= 0.3 is 0 Å². The molecule has 1 aromatic carbocycles. The minimum atomic E-state index is -0.282. The number of amides is 1. The Balaban J connectivity index is 1.64. The van der Waals surface area contributed by atoms with Gasteiger partial charge in [-0.2, -0.15) is 5.10 Å². The average molecular weight is 330 g/mol. The lowest BCUT2D eigenvalue weighted by Crippen LogP contribution is -2.45. The fraction of sp³-hybridized carbons (Fsp3) is 0.444. The van der Waals surface area contributed by atoms with Gasteiger partial charge in [0, 0.05) is 25.3 Å². The fourth-order valence-corrected chi connectivity index (χ4v) is 3.13. The van der Waals surface area contributed by atoms with E-state index in [0.29, 0.717) is 11.6 Å². The third-order valence-corrected chi connectivity index (χ3v) is 4.62. The second-order valence-corrected chi connectivity index (χ2v) is 6.51. The Hall–Kier alpha value is -2.21. The molecule has 1 amide bonds. The predicted octanol–water partition coefficient (Wildman–Crippen LogP) is 2.14. The van der Waals surface area contributed by atoms with Crippen LogP contribution in [0.5, 0.6) is 0 Å². The molecule has 2 N–H and O–H groups in total. The van der Waals surface area contributed by atoms with Crippen LogP contribution < -0.4 is 5.73 Å². The van der Waals surface area contributed by atoms with Crippen LogP contribution in [0, 0.1) is 11.7 Å². The molecule has 1 aliphatic heterocycles. The molecule has 0 saturated carbocycles. The highest BCUT2D eigenvalue weighted by atomic mass is 19.1. The van der Waals surface area contributed by atoms with Gasteiger partial charge in [0.05, 0.1) is 17.8 Å². The molecule has 2 atom stereocenters. The first-order chi connectivity index (χ1) is 11.5. The quantitative estimate of drug-likeness (QED) is 0.934. The molecule has 1 saturated heterocycles. The smallest absolute Gasteiger partial charge is 0.228 e. The van der Waals surface area contributed by atoms with Gasteiger partial charge < -0.3 is 10.6 Å². The minimum absolute atomic E-state index is 0.0877. The molecule has 0 unspecified atom stereocenters. The molecule has 1 aliphatic rings. The molecule has 0 spiro atoms. The fourth-order valence-electron chi connectivity index (χ4n) is 3.13. The highest BCUT2D eigenvalue weighted by Crippen LogP contribution is 2.19. The number of hydrogen-bond acceptors (Lipinski definition) is 3. The summed E-state index contributed by atoms with van der Waals surface area (Å²) in [6.45, 7) is 3.53. The molecule has 5 nitrogen and oxygen atoms in total. The number of nitrogens with two attached hydrogens (primary N) is 1. The molecule has 2 heterocycles. The average Bonchev–Trinajstić information content (AvgIpc) is 3.04. The molecule has 2 aromatic rings. The van der Waals surface area contributed by atoms with Gasteiger partial charge in [-0.3, -0.25) is 4.79 Å². The Kier molecular flexibility index (Phi) is 4.94. The van der Waals surface area contributed by atoms with Crippen LogP contribution in [0.15, 0.2) is 36.5 Å². The summed E-state index contributed by atoms with van der Waals surface area (Å²) in [7, 11) is 0. The van der Waals surface area contributed by atoms with Crippen LogP contribution in [0.25, 0.3) is 5.69 Å². The zero-order chi connectivity index (χ0) is 17.1. The third kappa shape index (κ3) is 3.82. The first-order valence-corrected chi connectivity index (χ1v) is 8.37. The molecular weight excluding hydrogens is 307 g/mol. The maximum atomic E-state index is 13.0. The van der Waals surface area contributed by atoms with E-state index < -0.39 is 0 Å². The van der Waals surface area contributed by atoms with E-state index in [1.54, 1.807) is 23.0 Å². The summed E-state index contributed by atoms with van der Waals surface area (Å²) in [6, 6.07) is 8.04. The Morgan fingerprint density at radius 3 is 2.83 bits per heavy atom. The van der Waals surface area contributed by atoms with Crippen LogP contribution in [0.4, 0.5) is 4.39 Å². The van der Waals surface area contributed by atoms with Crippen molar-refractivity contribution >= 4 is 5.91 Å². The lowest BCUT2D eigenvalue weighted by atomic mass is 9.92. The zero-order valence-corrected chi connectivity index (χ0v) is 13.9. The molecule has 0 bridgehead atoms. The normalized spacial score (nSPS) is 19.3. The minimum Gasteiger partial charge on any atom is -0.342 e. The summed E-state index contributed by atoms with van der Waals surface area (Å²) in [5.41, 5.74) is 7.46. The second kappa shape index (κ2) is 7.13. The molecule has 24 heavy (non-hydrogen) atoms. The molecule has 0 radical (unpaired) electrons. The summed E-state index contributed by atoms with van der Waals surface area (Å²) in [4.78, 5) is 14.4. The molecule has 1 fully saturated rings. The van der Waals surface area contributed by atoms with Crippen molar-refractivity contribution in [1.29, 1.82) is 0 Å². The van der Waals surface area contributed by atoms with E-state index in [1.807, 2.05) is 17.9 Å². The number of nitrogens with zero attached hydrogens (tertiary/aromatic N) is 3. The van der Waals surface area contributed by atoms with Crippen LogP contribution >= 0.6 is 0 Å². The highest BCUT2D eigenvalue weighted by Gasteiger charge is 2.26. The molecule has 6 heteroatoms. The lowest BCUT2D eigenvalue weighted by molar-refractivity contribution is -0.132. The monoisotopic (exact) mass is 330 g/mol. The number of carbonyl (C=O) groups is 1. The number of aromatic nitrogens is 2. The summed E-state index contributed by atoms with van der Waals surface area (Å²) >= 11 is 0. The van der Waals surface area contributed by atoms with Crippen molar-refractivity contribution in [2.24, 2.45) is 11.7 Å². The van der Waals surface area contributed by atoms with E-state index in [2.05, 4.69) is 5.10 Å². The van der Waals surface area contributed by atoms with Crippen molar-refractivity contribution in [3.8, 4) is 5.69 Å². The Bertz CT molecular complexity index is 695. The predicted molar refractivity (Wildman–Crippen MR) is 90.2 cm³/mol. The summed E-state index contributed by atoms with van der Waals surface area (Å²) in [6.07, 6.45) is 4.15. The van der Waals surface area contributed by atoms with Crippen molar-refractivity contribution in [1.82, 2.24) is 14.7 Å². The largest absolute Gasteiger partial charge is 0.342 e. The van der Waals surface area contributed by atoms with Gasteiger partial charge in [0.2, 0.25) is 5.91 Å². The van der Waals surface area contributed by atoms with Gasteiger partial charge in [0.15, 0.2) is 0 Å².